The summed E-state index contributed by atoms with van der Waals surface area (Å²) in [6.07, 6.45) is 3.82. The summed E-state index contributed by atoms with van der Waals surface area (Å²) in [6, 6.07) is 10.9. The second kappa shape index (κ2) is 5.76. The summed E-state index contributed by atoms with van der Waals surface area (Å²) >= 11 is 7.55. The number of fused-ring (bicyclic) bond motifs is 1. The Balaban J connectivity index is 1.88. The van der Waals surface area contributed by atoms with E-state index >= 15 is 0 Å². The molecule has 5 heteroatoms. The maximum Gasteiger partial charge on any atom is 0.160 e. The molecule has 0 bridgehead atoms. The highest BCUT2D eigenvalue weighted by molar-refractivity contribution is 7.19. The van der Waals surface area contributed by atoms with Crippen LogP contribution in [0, 0.1) is 0 Å². The van der Waals surface area contributed by atoms with Gasteiger partial charge in [-0.1, -0.05) is 23.7 Å². The minimum absolute atomic E-state index is 0.121. The zero-order chi connectivity index (χ0) is 14.8. The number of methoxy groups -OCH3 is 1. The molecule has 106 valence electrons. The van der Waals surface area contributed by atoms with Crippen molar-refractivity contribution in [2.45, 2.75) is 0 Å². The van der Waals surface area contributed by atoms with Gasteiger partial charge in [0.25, 0.3) is 0 Å². The average Bonchev–Trinajstić information content (AvgIpc) is 2.87. The molecule has 1 aromatic heterocycles. The van der Waals surface area contributed by atoms with Crippen molar-refractivity contribution >= 4 is 45.3 Å². The van der Waals surface area contributed by atoms with Gasteiger partial charge in [-0.2, -0.15) is 0 Å². The van der Waals surface area contributed by atoms with Crippen LogP contribution in [0.25, 0.3) is 22.4 Å². The fourth-order valence-electron chi connectivity index (χ4n) is 1.97. The van der Waals surface area contributed by atoms with E-state index < -0.39 is 0 Å². The molecule has 1 N–H and O–H groups in total. The van der Waals surface area contributed by atoms with Gasteiger partial charge in [0, 0.05) is 5.02 Å². The summed E-state index contributed by atoms with van der Waals surface area (Å²) in [7, 11) is 1.52. The van der Waals surface area contributed by atoms with Gasteiger partial charge in [-0.25, -0.2) is 4.98 Å². The quantitative estimate of drug-likeness (QED) is 0.752. The molecule has 0 amide bonds. The molecule has 0 atom stereocenters. The number of aromatic nitrogens is 1. The van der Waals surface area contributed by atoms with Crippen molar-refractivity contribution in [1.29, 1.82) is 0 Å². The minimum atomic E-state index is 0.121. The molecule has 1 heterocycles. The summed E-state index contributed by atoms with van der Waals surface area (Å²) in [5.41, 5.74) is 1.77. The lowest BCUT2D eigenvalue weighted by molar-refractivity contribution is 0.373. The largest absolute Gasteiger partial charge is 0.504 e. The van der Waals surface area contributed by atoms with Crippen LogP contribution in [0.3, 0.4) is 0 Å². The predicted molar refractivity (Wildman–Crippen MR) is 88.2 cm³/mol. The van der Waals surface area contributed by atoms with Gasteiger partial charge in [-0.15, -0.1) is 11.3 Å². The Morgan fingerprint density at radius 2 is 2.05 bits per heavy atom. The predicted octanol–water partition coefficient (Wildman–Crippen LogP) is 4.83. The van der Waals surface area contributed by atoms with Crippen molar-refractivity contribution in [1.82, 2.24) is 4.98 Å². The summed E-state index contributed by atoms with van der Waals surface area (Å²) in [4.78, 5) is 4.50. The molecule has 0 radical (unpaired) electrons. The number of thiazole rings is 1. The Bertz CT molecular complexity index is 826. The Morgan fingerprint density at radius 3 is 2.81 bits per heavy atom. The number of phenolic OH excluding ortho intramolecular Hbond substituents is 1. The molecule has 0 aliphatic rings. The molecular formula is C16H12ClNO2S. The Kier molecular flexibility index (Phi) is 3.82. The Labute approximate surface area is 131 Å². The van der Waals surface area contributed by atoms with Crippen molar-refractivity contribution in [3.05, 3.63) is 52.0 Å². The lowest BCUT2D eigenvalue weighted by atomic mass is 10.2. The molecular weight excluding hydrogens is 306 g/mol. The normalized spacial score (nSPS) is 11.3. The maximum atomic E-state index is 9.75. The van der Waals surface area contributed by atoms with Crippen LogP contribution in [0.4, 0.5) is 0 Å². The first kappa shape index (κ1) is 13.9. The van der Waals surface area contributed by atoms with Crippen LogP contribution < -0.4 is 4.74 Å². The third kappa shape index (κ3) is 3.01. The van der Waals surface area contributed by atoms with Crippen LogP contribution in [0.1, 0.15) is 10.6 Å². The maximum absolute atomic E-state index is 9.75. The lowest BCUT2D eigenvalue weighted by Gasteiger charge is -2.02. The number of benzene rings is 2. The number of ether oxygens (including phenoxy) is 1. The Hall–Kier alpha value is -2.04. The van der Waals surface area contributed by atoms with Crippen LogP contribution in [-0.2, 0) is 0 Å². The van der Waals surface area contributed by atoms with E-state index in [0.29, 0.717) is 10.8 Å². The minimum Gasteiger partial charge on any atom is -0.504 e. The molecule has 0 saturated carbocycles. The molecule has 0 aliphatic heterocycles. The SMILES string of the molecule is COc1ccc(/C=C\c2nc3cc(Cl)ccc3s2)cc1O. The van der Waals surface area contributed by atoms with Crippen molar-refractivity contribution in [2.75, 3.05) is 7.11 Å². The molecule has 0 spiro atoms. The molecule has 0 saturated heterocycles. The van der Waals surface area contributed by atoms with Gasteiger partial charge < -0.3 is 9.84 Å². The van der Waals surface area contributed by atoms with E-state index in [1.54, 1.807) is 23.5 Å². The first-order valence-electron chi connectivity index (χ1n) is 6.27. The molecule has 21 heavy (non-hydrogen) atoms. The highest BCUT2D eigenvalue weighted by Gasteiger charge is 2.03. The topological polar surface area (TPSA) is 42.4 Å². The van der Waals surface area contributed by atoms with Crippen molar-refractivity contribution in [3.8, 4) is 11.5 Å². The number of phenols is 1. The second-order valence-corrected chi connectivity index (χ2v) is 5.93. The molecule has 3 aromatic rings. The first-order valence-corrected chi connectivity index (χ1v) is 7.46. The van der Waals surface area contributed by atoms with Crippen LogP contribution in [-0.4, -0.2) is 17.2 Å². The monoisotopic (exact) mass is 317 g/mol. The fraction of sp³-hybridized carbons (Fsp3) is 0.0625. The molecule has 0 aliphatic carbocycles. The number of hydrogen-bond donors (Lipinski definition) is 1. The Morgan fingerprint density at radius 1 is 1.19 bits per heavy atom. The molecule has 0 unspecified atom stereocenters. The summed E-state index contributed by atoms with van der Waals surface area (Å²) in [5.74, 6) is 0.581. The van der Waals surface area contributed by atoms with Gasteiger partial charge in [0.1, 0.15) is 5.01 Å². The number of aromatic hydroxyl groups is 1. The number of hydrogen-bond acceptors (Lipinski definition) is 4. The van der Waals surface area contributed by atoms with Crippen LogP contribution in [0.5, 0.6) is 11.5 Å². The zero-order valence-corrected chi connectivity index (χ0v) is 12.8. The van der Waals surface area contributed by atoms with Crippen LogP contribution >= 0.6 is 22.9 Å². The summed E-state index contributed by atoms with van der Waals surface area (Å²) in [5, 5.41) is 11.3. The highest BCUT2D eigenvalue weighted by atomic mass is 35.5. The van der Waals surface area contributed by atoms with Crippen molar-refractivity contribution < 1.29 is 9.84 Å². The standard InChI is InChI=1S/C16H12ClNO2S/c1-20-14-5-2-10(8-13(14)19)3-7-16-18-12-9-11(17)4-6-15(12)21-16/h2-9,19H,1H3/b7-3-. The fourth-order valence-corrected chi connectivity index (χ4v) is 2.98. The number of halogens is 1. The van der Waals surface area contributed by atoms with Crippen LogP contribution in [0.15, 0.2) is 36.4 Å². The van der Waals surface area contributed by atoms with Gasteiger partial charge in [0.2, 0.25) is 0 Å². The average molecular weight is 318 g/mol. The van der Waals surface area contributed by atoms with Gasteiger partial charge in [-0.05, 0) is 42.0 Å². The van der Waals surface area contributed by atoms with E-state index in [1.807, 2.05) is 36.4 Å². The number of nitrogens with zero attached hydrogens (tertiary/aromatic N) is 1. The van der Waals surface area contributed by atoms with Gasteiger partial charge in [-0.3, -0.25) is 0 Å². The van der Waals surface area contributed by atoms with E-state index in [-0.39, 0.29) is 5.75 Å². The van der Waals surface area contributed by atoms with E-state index in [4.69, 9.17) is 16.3 Å². The molecule has 2 aromatic carbocycles. The van der Waals surface area contributed by atoms with Crippen molar-refractivity contribution in [2.24, 2.45) is 0 Å². The van der Waals surface area contributed by atoms with E-state index in [9.17, 15) is 5.11 Å². The molecule has 0 fully saturated rings. The first-order chi connectivity index (χ1) is 10.2. The summed E-state index contributed by atoms with van der Waals surface area (Å²) in [6.45, 7) is 0. The number of rotatable bonds is 3. The van der Waals surface area contributed by atoms with Crippen LogP contribution in [0.2, 0.25) is 5.02 Å². The van der Waals surface area contributed by atoms with E-state index in [1.165, 1.54) is 7.11 Å². The third-order valence-electron chi connectivity index (χ3n) is 2.99. The highest BCUT2D eigenvalue weighted by Crippen LogP contribution is 2.28. The second-order valence-electron chi connectivity index (χ2n) is 4.43. The van der Waals surface area contributed by atoms with Gasteiger partial charge >= 0.3 is 0 Å². The van der Waals surface area contributed by atoms with Crippen molar-refractivity contribution in [3.63, 3.8) is 0 Å². The molecule has 3 rings (SSSR count). The lowest BCUT2D eigenvalue weighted by Crippen LogP contribution is -1.83. The van der Waals surface area contributed by atoms with E-state index in [0.717, 1.165) is 20.8 Å². The van der Waals surface area contributed by atoms with E-state index in [2.05, 4.69) is 4.98 Å². The van der Waals surface area contributed by atoms with Gasteiger partial charge in [0.15, 0.2) is 11.5 Å². The molecule has 3 nitrogen and oxygen atoms in total. The third-order valence-corrected chi connectivity index (χ3v) is 4.22. The smallest absolute Gasteiger partial charge is 0.160 e. The van der Waals surface area contributed by atoms with Gasteiger partial charge in [0.05, 0.1) is 17.3 Å². The zero-order valence-electron chi connectivity index (χ0n) is 11.2. The summed E-state index contributed by atoms with van der Waals surface area (Å²) < 4.78 is 6.11.